The minimum Gasteiger partial charge on any atom is -0.396 e. The molecule has 0 aromatic heterocycles. The molecule has 1 unspecified atom stereocenters. The van der Waals surface area contributed by atoms with Crippen LogP contribution in [-0.2, 0) is 6.54 Å². The lowest BCUT2D eigenvalue weighted by molar-refractivity contribution is -0.384. The van der Waals surface area contributed by atoms with Gasteiger partial charge in [0.05, 0.1) is 4.92 Å². The fraction of sp³-hybridized carbons (Fsp3) is 0.538. The summed E-state index contributed by atoms with van der Waals surface area (Å²) in [6, 6.07) is 5.16. The third-order valence-corrected chi connectivity index (χ3v) is 3.56. The van der Waals surface area contributed by atoms with Crippen molar-refractivity contribution < 1.29 is 10.0 Å². The van der Waals surface area contributed by atoms with Gasteiger partial charge in [-0.15, -0.1) is 0 Å². The van der Waals surface area contributed by atoms with Crippen LogP contribution in [0, 0.1) is 16.0 Å². The van der Waals surface area contributed by atoms with Gasteiger partial charge in [-0.05, 0) is 30.5 Å². The quantitative estimate of drug-likeness (QED) is 0.622. The molecule has 1 saturated heterocycles. The largest absolute Gasteiger partial charge is 0.396 e. The molecule has 2 rings (SSSR count). The Balaban J connectivity index is 2.07. The van der Waals surface area contributed by atoms with Gasteiger partial charge in [-0.25, -0.2) is 0 Å². The molecule has 1 fully saturated rings. The number of hydrogen-bond donors (Lipinski definition) is 2. The molecule has 0 spiro atoms. The molecule has 0 bridgehead atoms. The summed E-state index contributed by atoms with van der Waals surface area (Å²) in [6.07, 6.45) is 1.02. The van der Waals surface area contributed by atoms with Gasteiger partial charge >= 0.3 is 0 Å². The van der Waals surface area contributed by atoms with Crippen molar-refractivity contribution in [3.8, 4) is 0 Å². The van der Waals surface area contributed by atoms with Gasteiger partial charge in [0, 0.05) is 32.8 Å². The highest BCUT2D eigenvalue weighted by Gasteiger charge is 2.22. The number of anilines is 1. The monoisotopic (exact) mass is 265 g/mol. The zero-order valence-corrected chi connectivity index (χ0v) is 11.0. The highest BCUT2D eigenvalue weighted by Crippen LogP contribution is 2.26. The van der Waals surface area contributed by atoms with Gasteiger partial charge < -0.3 is 10.4 Å². The van der Waals surface area contributed by atoms with Crippen molar-refractivity contribution in [2.75, 3.05) is 32.1 Å². The molecule has 1 heterocycles. The van der Waals surface area contributed by atoms with Crippen LogP contribution in [-0.4, -0.2) is 41.7 Å². The maximum absolute atomic E-state index is 10.8. The van der Waals surface area contributed by atoms with E-state index in [4.69, 9.17) is 5.11 Å². The van der Waals surface area contributed by atoms with Crippen LogP contribution < -0.4 is 5.32 Å². The third kappa shape index (κ3) is 3.21. The highest BCUT2D eigenvalue weighted by atomic mass is 16.6. The fourth-order valence-corrected chi connectivity index (χ4v) is 2.50. The Morgan fingerprint density at radius 1 is 1.58 bits per heavy atom. The summed E-state index contributed by atoms with van der Waals surface area (Å²) in [6.45, 7) is 2.86. The van der Waals surface area contributed by atoms with Gasteiger partial charge in [-0.3, -0.25) is 15.0 Å². The van der Waals surface area contributed by atoms with E-state index in [2.05, 4.69) is 10.2 Å². The van der Waals surface area contributed by atoms with Crippen LogP contribution in [0.5, 0.6) is 0 Å². The normalized spacial score (nSPS) is 19.6. The second-order valence-corrected chi connectivity index (χ2v) is 4.93. The molecular weight excluding hydrogens is 246 g/mol. The van der Waals surface area contributed by atoms with Crippen molar-refractivity contribution in [1.82, 2.24) is 4.90 Å². The van der Waals surface area contributed by atoms with E-state index in [1.165, 1.54) is 0 Å². The van der Waals surface area contributed by atoms with Gasteiger partial charge in [-0.2, -0.15) is 0 Å². The number of benzene rings is 1. The average Bonchev–Trinajstić information content (AvgIpc) is 2.86. The summed E-state index contributed by atoms with van der Waals surface area (Å²) in [7, 11) is 1.68. The van der Waals surface area contributed by atoms with Crippen molar-refractivity contribution in [2.24, 2.45) is 5.92 Å². The molecule has 0 amide bonds. The second-order valence-electron chi connectivity index (χ2n) is 4.93. The van der Waals surface area contributed by atoms with E-state index in [0.717, 1.165) is 31.6 Å². The lowest BCUT2D eigenvalue weighted by Gasteiger charge is -2.16. The lowest BCUT2D eigenvalue weighted by atomic mass is 10.1. The molecule has 1 aromatic rings. The molecule has 104 valence electrons. The van der Waals surface area contributed by atoms with E-state index in [1.54, 1.807) is 19.2 Å². The lowest BCUT2D eigenvalue weighted by Crippen LogP contribution is -2.21. The minimum atomic E-state index is -0.382. The summed E-state index contributed by atoms with van der Waals surface area (Å²) in [4.78, 5) is 12.7. The summed E-state index contributed by atoms with van der Waals surface area (Å²) in [5.74, 6) is 0.363. The van der Waals surface area contributed by atoms with Gasteiger partial charge in [0.25, 0.3) is 5.69 Å². The molecular formula is C13H19N3O3. The number of aliphatic hydroxyl groups is 1. The number of rotatable bonds is 5. The zero-order chi connectivity index (χ0) is 13.8. The Hall–Kier alpha value is -1.66. The summed E-state index contributed by atoms with van der Waals surface area (Å²) in [5, 5.41) is 22.8. The molecule has 0 aliphatic carbocycles. The molecule has 1 aliphatic heterocycles. The van der Waals surface area contributed by atoms with E-state index in [-0.39, 0.29) is 17.2 Å². The van der Waals surface area contributed by atoms with Crippen LogP contribution in [0.2, 0.25) is 0 Å². The van der Waals surface area contributed by atoms with Gasteiger partial charge in [0.1, 0.15) is 5.69 Å². The van der Waals surface area contributed by atoms with Crippen LogP contribution in [0.1, 0.15) is 12.0 Å². The summed E-state index contributed by atoms with van der Waals surface area (Å²) >= 11 is 0. The van der Waals surface area contributed by atoms with Crippen LogP contribution in [0.15, 0.2) is 18.2 Å². The highest BCUT2D eigenvalue weighted by molar-refractivity contribution is 5.62. The first-order valence-corrected chi connectivity index (χ1v) is 6.42. The smallest absolute Gasteiger partial charge is 0.292 e. The Morgan fingerprint density at radius 3 is 2.95 bits per heavy atom. The first kappa shape index (κ1) is 13.8. The van der Waals surface area contributed by atoms with Gasteiger partial charge in [0.15, 0.2) is 0 Å². The molecule has 19 heavy (non-hydrogen) atoms. The Kier molecular flexibility index (Phi) is 4.34. The second kappa shape index (κ2) is 5.99. The van der Waals surface area contributed by atoms with Crippen molar-refractivity contribution >= 4 is 11.4 Å². The first-order valence-electron chi connectivity index (χ1n) is 6.42. The van der Waals surface area contributed by atoms with Crippen molar-refractivity contribution in [3.63, 3.8) is 0 Å². The van der Waals surface area contributed by atoms with Crippen LogP contribution in [0.3, 0.4) is 0 Å². The Morgan fingerprint density at radius 2 is 2.37 bits per heavy atom. The number of nitro groups is 1. The van der Waals surface area contributed by atoms with Gasteiger partial charge in [0.2, 0.25) is 0 Å². The van der Waals surface area contributed by atoms with E-state index in [9.17, 15) is 10.1 Å². The molecule has 1 aromatic carbocycles. The van der Waals surface area contributed by atoms with E-state index >= 15 is 0 Å². The predicted octanol–water partition coefficient (Wildman–Crippen LogP) is 1.45. The van der Waals surface area contributed by atoms with Gasteiger partial charge in [-0.1, -0.05) is 6.07 Å². The summed E-state index contributed by atoms with van der Waals surface area (Å²) < 4.78 is 0. The van der Waals surface area contributed by atoms with Crippen molar-refractivity contribution in [1.29, 1.82) is 0 Å². The molecule has 1 aliphatic rings. The van der Waals surface area contributed by atoms with Crippen molar-refractivity contribution in [3.05, 3.63) is 33.9 Å². The number of aliphatic hydroxyl groups excluding tert-OH is 1. The molecule has 0 radical (unpaired) electrons. The average molecular weight is 265 g/mol. The predicted molar refractivity (Wildman–Crippen MR) is 73.1 cm³/mol. The fourth-order valence-electron chi connectivity index (χ4n) is 2.50. The Labute approximate surface area is 112 Å². The minimum absolute atomic E-state index is 0.0981. The van der Waals surface area contributed by atoms with Crippen LogP contribution >= 0.6 is 0 Å². The van der Waals surface area contributed by atoms with Crippen molar-refractivity contribution in [2.45, 2.75) is 13.0 Å². The van der Waals surface area contributed by atoms with E-state index < -0.39 is 0 Å². The van der Waals surface area contributed by atoms with E-state index in [1.807, 2.05) is 6.07 Å². The number of hydrogen-bond acceptors (Lipinski definition) is 5. The molecule has 6 nitrogen and oxygen atoms in total. The Bertz CT molecular complexity index is 464. The summed E-state index contributed by atoms with van der Waals surface area (Å²) in [5.41, 5.74) is 1.69. The number of nitrogens with zero attached hydrogens (tertiary/aromatic N) is 2. The maximum Gasteiger partial charge on any atom is 0.292 e. The number of nitro benzene ring substituents is 1. The van der Waals surface area contributed by atoms with Crippen LogP contribution in [0.4, 0.5) is 11.4 Å². The number of likely N-dealkylation sites (tertiary alicyclic amines) is 1. The zero-order valence-electron chi connectivity index (χ0n) is 11.0. The van der Waals surface area contributed by atoms with Crippen LogP contribution in [0.25, 0.3) is 0 Å². The SMILES string of the molecule is CNc1cc(CN2CCC(CO)C2)ccc1[N+](=O)[O-]. The molecule has 0 saturated carbocycles. The standard InChI is InChI=1S/C13H19N3O3/c1-14-12-6-10(2-3-13(12)16(18)19)7-15-5-4-11(8-15)9-17/h2-3,6,11,14,17H,4-5,7-9H2,1H3. The first-order chi connectivity index (χ1) is 9.13. The molecule has 1 atom stereocenters. The van der Waals surface area contributed by atoms with E-state index in [0.29, 0.717) is 11.6 Å². The third-order valence-electron chi connectivity index (χ3n) is 3.56. The molecule has 2 N–H and O–H groups in total. The molecule has 6 heteroatoms. The number of nitrogens with one attached hydrogen (secondary N) is 1. The maximum atomic E-state index is 10.8. The topological polar surface area (TPSA) is 78.6 Å².